The van der Waals surface area contributed by atoms with Crippen molar-refractivity contribution >= 4 is 30.0 Å². The summed E-state index contributed by atoms with van der Waals surface area (Å²) in [5.74, 6) is 0.811. The second-order valence-corrected chi connectivity index (χ2v) is 4.19. The summed E-state index contributed by atoms with van der Waals surface area (Å²) in [7, 11) is 0. The number of hydrogen-bond acceptors (Lipinski definition) is 3. The zero-order valence-corrected chi connectivity index (χ0v) is 12.0. The molecule has 1 aromatic rings. The van der Waals surface area contributed by atoms with E-state index in [0.717, 1.165) is 0 Å². The van der Waals surface area contributed by atoms with E-state index in [1.54, 1.807) is 12.3 Å². The minimum absolute atomic E-state index is 0. The number of aromatic nitrogens is 1. The van der Waals surface area contributed by atoms with Gasteiger partial charge in [-0.05, 0) is 0 Å². The zero-order valence-electron chi connectivity index (χ0n) is 8.41. The van der Waals surface area contributed by atoms with E-state index in [4.69, 9.17) is 24.2 Å². The van der Waals surface area contributed by atoms with Gasteiger partial charge in [0.2, 0.25) is 0 Å². The number of hydrogen-bond donors (Lipinski definition) is 0. The van der Waals surface area contributed by atoms with Crippen LogP contribution in [-0.4, -0.2) is 24.7 Å². The Kier molecular flexibility index (Phi) is 5.06. The van der Waals surface area contributed by atoms with Gasteiger partial charge in [0, 0.05) is 25.2 Å². The third-order valence-corrected chi connectivity index (χ3v) is 3.14. The molecular weight excluding hydrogens is 246 g/mol. The summed E-state index contributed by atoms with van der Waals surface area (Å²) in [6.45, 7) is 1.09. The van der Waals surface area contributed by atoms with Gasteiger partial charge in [-0.1, -0.05) is 17.7 Å². The molecular formula is C9H9ClFN2NaS. The van der Waals surface area contributed by atoms with Gasteiger partial charge in [0.25, 0.3) is 0 Å². The Balaban J connectivity index is 0.00000112. The summed E-state index contributed by atoms with van der Waals surface area (Å²) >= 11 is 11.0. The minimum Gasteiger partial charge on any atom is -0.778 e. The zero-order chi connectivity index (χ0) is 10.1. The van der Waals surface area contributed by atoms with Crippen LogP contribution >= 0.6 is 11.6 Å². The smallest absolute Gasteiger partial charge is 0.778 e. The Morgan fingerprint density at radius 1 is 1.60 bits per heavy atom. The molecule has 0 saturated carbocycles. The monoisotopic (exact) mass is 254 g/mol. The van der Waals surface area contributed by atoms with Crippen LogP contribution in [0, 0.1) is 5.92 Å². The van der Waals surface area contributed by atoms with Gasteiger partial charge >= 0.3 is 29.6 Å². The number of nitrogens with zero attached hydrogens (tertiary/aromatic N) is 2. The largest absolute Gasteiger partial charge is 1.00 e. The molecule has 1 fully saturated rings. The average molecular weight is 255 g/mol. The van der Waals surface area contributed by atoms with Gasteiger partial charge in [0.1, 0.15) is 5.82 Å². The van der Waals surface area contributed by atoms with Gasteiger partial charge in [-0.25, -0.2) is 4.98 Å². The van der Waals surface area contributed by atoms with Crippen molar-refractivity contribution in [2.75, 3.05) is 24.7 Å². The number of pyridine rings is 1. The summed E-state index contributed by atoms with van der Waals surface area (Å²) < 4.78 is 12.2. The fourth-order valence-corrected chi connectivity index (χ4v) is 1.86. The van der Waals surface area contributed by atoms with Crippen LogP contribution in [0.15, 0.2) is 17.2 Å². The average Bonchev–Trinajstić information content (AvgIpc) is 2.10. The van der Waals surface area contributed by atoms with Crippen molar-refractivity contribution in [2.24, 2.45) is 5.92 Å². The topological polar surface area (TPSA) is 16.1 Å². The first kappa shape index (κ1) is 13.5. The third-order valence-electron chi connectivity index (χ3n) is 2.31. The molecule has 15 heavy (non-hydrogen) atoms. The van der Waals surface area contributed by atoms with E-state index in [1.165, 1.54) is 0 Å². The Morgan fingerprint density at radius 2 is 2.27 bits per heavy atom. The maximum Gasteiger partial charge on any atom is 1.00 e. The van der Waals surface area contributed by atoms with Crippen LogP contribution in [0.5, 0.6) is 0 Å². The van der Waals surface area contributed by atoms with Gasteiger partial charge in [-0.3, -0.25) is 4.39 Å². The first-order valence-electron chi connectivity index (χ1n) is 4.34. The molecule has 0 N–H and O–H groups in total. The number of alkyl halides is 1. The van der Waals surface area contributed by atoms with E-state index < -0.39 is 0 Å². The van der Waals surface area contributed by atoms with Crippen LogP contribution in [0.2, 0.25) is 5.02 Å². The SMILES string of the molecule is FCC1CN(c2nccc([S-])c2Cl)C1.[Na+]. The van der Waals surface area contributed by atoms with Crippen molar-refractivity contribution in [1.82, 2.24) is 4.98 Å². The molecule has 0 bridgehead atoms. The maximum absolute atomic E-state index is 12.2. The molecule has 2 heterocycles. The van der Waals surface area contributed by atoms with Gasteiger partial charge in [0.15, 0.2) is 0 Å². The van der Waals surface area contributed by atoms with Gasteiger partial charge in [0.05, 0.1) is 11.7 Å². The van der Waals surface area contributed by atoms with Gasteiger partial charge in [-0.2, -0.15) is 4.90 Å². The summed E-state index contributed by atoms with van der Waals surface area (Å²) in [6, 6.07) is 1.69. The summed E-state index contributed by atoms with van der Waals surface area (Å²) in [6.07, 6.45) is 1.63. The van der Waals surface area contributed by atoms with Crippen LogP contribution in [-0.2, 0) is 12.6 Å². The van der Waals surface area contributed by atoms with Gasteiger partial charge in [-0.15, -0.1) is 0 Å². The Labute approximate surface area is 121 Å². The number of halogens is 2. The summed E-state index contributed by atoms with van der Waals surface area (Å²) in [5, 5.41) is 0.500. The Hall–Kier alpha value is 0.390. The molecule has 1 saturated heterocycles. The standard InChI is InChI=1S/C9H10ClFN2S.Na/c10-8-7(14)1-2-12-9(8)13-4-6(3-11)5-13;/h1-2,6H,3-5H2,(H,12,14);/q;+1/p-1. The second kappa shape index (κ2) is 5.64. The molecule has 0 radical (unpaired) electrons. The fourth-order valence-electron chi connectivity index (χ4n) is 1.48. The Bertz CT molecular complexity index is 347. The first-order valence-corrected chi connectivity index (χ1v) is 5.13. The van der Waals surface area contributed by atoms with Crippen molar-refractivity contribution in [3.63, 3.8) is 0 Å². The molecule has 1 aliphatic rings. The molecule has 2 nitrogen and oxygen atoms in total. The van der Waals surface area contributed by atoms with Crippen LogP contribution in [0.1, 0.15) is 0 Å². The summed E-state index contributed by atoms with van der Waals surface area (Å²) in [4.78, 5) is 6.68. The predicted octanol–water partition coefficient (Wildman–Crippen LogP) is -0.949. The molecule has 0 amide bonds. The molecule has 0 spiro atoms. The van der Waals surface area contributed by atoms with Crippen LogP contribution < -0.4 is 34.5 Å². The van der Waals surface area contributed by atoms with Crippen molar-refractivity contribution < 1.29 is 33.9 Å². The van der Waals surface area contributed by atoms with Crippen molar-refractivity contribution in [2.45, 2.75) is 4.90 Å². The number of rotatable bonds is 2. The first-order chi connectivity index (χ1) is 6.72. The molecule has 0 unspecified atom stereocenters. The Morgan fingerprint density at radius 3 is 2.87 bits per heavy atom. The molecule has 0 aliphatic carbocycles. The number of anilines is 1. The second-order valence-electron chi connectivity index (χ2n) is 3.37. The van der Waals surface area contributed by atoms with E-state index in [0.29, 0.717) is 28.8 Å². The fraction of sp³-hybridized carbons (Fsp3) is 0.444. The van der Waals surface area contributed by atoms with E-state index in [9.17, 15) is 4.39 Å². The van der Waals surface area contributed by atoms with Crippen molar-refractivity contribution in [3.8, 4) is 0 Å². The molecule has 6 heteroatoms. The van der Waals surface area contributed by atoms with E-state index in [2.05, 4.69) is 4.98 Å². The van der Waals surface area contributed by atoms with E-state index in [1.807, 2.05) is 4.90 Å². The van der Waals surface area contributed by atoms with E-state index in [-0.39, 0.29) is 42.1 Å². The van der Waals surface area contributed by atoms with Crippen LogP contribution in [0.3, 0.4) is 0 Å². The molecule has 2 rings (SSSR count). The quantitative estimate of drug-likeness (QED) is 0.500. The van der Waals surface area contributed by atoms with Crippen molar-refractivity contribution in [3.05, 3.63) is 17.3 Å². The van der Waals surface area contributed by atoms with Crippen LogP contribution in [0.4, 0.5) is 10.2 Å². The van der Waals surface area contributed by atoms with Gasteiger partial charge < -0.3 is 17.5 Å². The molecule has 0 aromatic carbocycles. The minimum atomic E-state index is -0.276. The molecule has 76 valence electrons. The van der Waals surface area contributed by atoms with Crippen molar-refractivity contribution in [1.29, 1.82) is 0 Å². The molecule has 1 aromatic heterocycles. The van der Waals surface area contributed by atoms with E-state index >= 15 is 0 Å². The maximum atomic E-state index is 12.2. The molecule has 1 aliphatic heterocycles. The van der Waals surface area contributed by atoms with Crippen LogP contribution in [0.25, 0.3) is 0 Å². The molecule has 0 atom stereocenters. The third kappa shape index (κ3) is 2.74. The normalized spacial score (nSPS) is 15.7. The summed E-state index contributed by atoms with van der Waals surface area (Å²) in [5.41, 5.74) is 0. The predicted molar refractivity (Wildman–Crippen MR) is 56.6 cm³/mol.